The van der Waals surface area contributed by atoms with Crippen LogP contribution in [0.4, 0.5) is 4.79 Å². The van der Waals surface area contributed by atoms with E-state index in [9.17, 15) is 4.79 Å². The molecule has 1 amide bonds. The summed E-state index contributed by atoms with van der Waals surface area (Å²) in [7, 11) is 0. The molecule has 4 nitrogen and oxygen atoms in total. The lowest BCUT2D eigenvalue weighted by Crippen LogP contribution is -2.52. The predicted molar refractivity (Wildman–Crippen MR) is 53.1 cm³/mol. The molecule has 1 aliphatic carbocycles. The molecule has 1 aliphatic heterocycles. The molecule has 2 fully saturated rings. The molecule has 0 unspecified atom stereocenters. The van der Waals surface area contributed by atoms with Crippen LogP contribution in [0, 0.1) is 5.92 Å². The molecule has 0 spiro atoms. The summed E-state index contributed by atoms with van der Waals surface area (Å²) in [6.07, 6.45) is 4.62. The number of nitrogens with two attached hydrogens (primary N) is 1. The van der Waals surface area contributed by atoms with Gasteiger partial charge in [0.1, 0.15) is 0 Å². The van der Waals surface area contributed by atoms with E-state index in [1.165, 1.54) is 12.8 Å². The molecule has 1 saturated heterocycles. The molecule has 0 aromatic carbocycles. The maximum Gasteiger partial charge on any atom is 0.407 e. The number of amides is 1. The summed E-state index contributed by atoms with van der Waals surface area (Å²) >= 11 is 0. The number of carbonyl (C=O) groups is 1. The van der Waals surface area contributed by atoms with Crippen molar-refractivity contribution in [2.24, 2.45) is 11.7 Å². The summed E-state index contributed by atoms with van der Waals surface area (Å²) in [6.45, 7) is 1.15. The Bertz CT molecular complexity index is 240. The lowest BCUT2D eigenvalue weighted by Gasteiger charge is -2.36. The van der Waals surface area contributed by atoms with E-state index in [2.05, 4.69) is 0 Å². The number of rotatable bonds is 3. The molecule has 4 heteroatoms. The molecule has 2 aliphatic rings. The van der Waals surface area contributed by atoms with E-state index in [0.717, 1.165) is 25.2 Å². The van der Waals surface area contributed by atoms with Gasteiger partial charge in [-0.3, -0.25) is 0 Å². The number of nitrogens with zero attached hydrogens (tertiary/aromatic N) is 1. The zero-order chi connectivity index (χ0) is 10.2. The summed E-state index contributed by atoms with van der Waals surface area (Å²) in [4.78, 5) is 12.6. The highest BCUT2D eigenvalue weighted by atomic mass is 16.4. The van der Waals surface area contributed by atoms with Crippen LogP contribution in [0.5, 0.6) is 0 Å². The predicted octanol–water partition coefficient (Wildman–Crippen LogP) is 1.26. The molecule has 3 N–H and O–H groups in total. The molecule has 14 heavy (non-hydrogen) atoms. The molecule has 1 heterocycles. The number of carboxylic acid groups (broad SMARTS) is 1. The molecule has 0 bridgehead atoms. The molecule has 1 atom stereocenters. The van der Waals surface area contributed by atoms with Crippen molar-refractivity contribution in [1.29, 1.82) is 0 Å². The minimum absolute atomic E-state index is 0.229. The van der Waals surface area contributed by atoms with Crippen molar-refractivity contribution in [3.05, 3.63) is 0 Å². The van der Waals surface area contributed by atoms with Gasteiger partial charge in [0.25, 0.3) is 0 Å². The van der Waals surface area contributed by atoms with Crippen LogP contribution in [0.2, 0.25) is 0 Å². The Morgan fingerprint density at radius 3 is 2.79 bits per heavy atom. The van der Waals surface area contributed by atoms with E-state index >= 15 is 0 Å². The van der Waals surface area contributed by atoms with E-state index in [-0.39, 0.29) is 5.54 Å². The molecular weight excluding hydrogens is 180 g/mol. The number of likely N-dealkylation sites (tertiary alicyclic amines) is 1. The first kappa shape index (κ1) is 9.77. The highest BCUT2D eigenvalue weighted by molar-refractivity contribution is 5.66. The Morgan fingerprint density at radius 2 is 2.29 bits per heavy atom. The van der Waals surface area contributed by atoms with Crippen LogP contribution in [-0.2, 0) is 0 Å². The number of hydrogen-bond donors (Lipinski definition) is 2. The standard InChI is InChI=1S/C10H18N2O2/c11-7-10(6-8-2-3-8)4-1-5-12(10)9(13)14/h8H,1-7,11H2,(H,13,14)/t10-/m1/s1. The Hall–Kier alpha value is -0.770. The van der Waals surface area contributed by atoms with Crippen molar-refractivity contribution in [1.82, 2.24) is 4.90 Å². The highest BCUT2D eigenvalue weighted by Crippen LogP contribution is 2.42. The van der Waals surface area contributed by atoms with Crippen molar-refractivity contribution in [2.45, 2.75) is 37.6 Å². The molecule has 80 valence electrons. The van der Waals surface area contributed by atoms with Gasteiger partial charge < -0.3 is 15.7 Å². The fourth-order valence-electron chi connectivity index (χ4n) is 2.60. The van der Waals surface area contributed by atoms with Crippen molar-refractivity contribution in [3.63, 3.8) is 0 Å². The van der Waals surface area contributed by atoms with Crippen LogP contribution >= 0.6 is 0 Å². The summed E-state index contributed by atoms with van der Waals surface area (Å²) < 4.78 is 0. The average molecular weight is 198 g/mol. The van der Waals surface area contributed by atoms with Gasteiger partial charge in [0.05, 0.1) is 5.54 Å². The maximum absolute atomic E-state index is 11.0. The van der Waals surface area contributed by atoms with Crippen LogP contribution < -0.4 is 5.73 Å². The van der Waals surface area contributed by atoms with Gasteiger partial charge in [-0.2, -0.15) is 0 Å². The monoisotopic (exact) mass is 198 g/mol. The first-order valence-corrected chi connectivity index (χ1v) is 5.38. The van der Waals surface area contributed by atoms with Gasteiger partial charge in [-0.05, 0) is 25.2 Å². The van der Waals surface area contributed by atoms with Gasteiger partial charge in [-0.15, -0.1) is 0 Å². The van der Waals surface area contributed by atoms with Crippen LogP contribution in [-0.4, -0.2) is 34.7 Å². The van der Waals surface area contributed by atoms with E-state index in [0.29, 0.717) is 13.1 Å². The molecule has 0 radical (unpaired) electrons. The fourth-order valence-corrected chi connectivity index (χ4v) is 2.60. The summed E-state index contributed by atoms with van der Waals surface area (Å²) in [6, 6.07) is 0. The van der Waals surface area contributed by atoms with Gasteiger partial charge >= 0.3 is 6.09 Å². The quantitative estimate of drug-likeness (QED) is 0.717. The highest BCUT2D eigenvalue weighted by Gasteiger charge is 2.45. The van der Waals surface area contributed by atoms with E-state index < -0.39 is 6.09 Å². The van der Waals surface area contributed by atoms with E-state index in [1.54, 1.807) is 4.90 Å². The van der Waals surface area contributed by atoms with Gasteiger partial charge in [0, 0.05) is 13.1 Å². The van der Waals surface area contributed by atoms with Crippen molar-refractivity contribution in [2.75, 3.05) is 13.1 Å². The van der Waals surface area contributed by atoms with Gasteiger partial charge in [-0.25, -0.2) is 4.79 Å². The third-order valence-corrected chi connectivity index (χ3v) is 3.57. The first-order valence-electron chi connectivity index (χ1n) is 5.38. The SMILES string of the molecule is NC[C@]1(CC2CC2)CCCN1C(=O)O. The lowest BCUT2D eigenvalue weighted by atomic mass is 9.90. The normalized spacial score (nSPS) is 32.2. The topological polar surface area (TPSA) is 66.6 Å². The number of hydrogen-bond acceptors (Lipinski definition) is 2. The second kappa shape index (κ2) is 3.42. The Balaban J connectivity index is 2.10. The third-order valence-electron chi connectivity index (χ3n) is 3.57. The minimum Gasteiger partial charge on any atom is -0.465 e. The molecule has 1 saturated carbocycles. The third kappa shape index (κ3) is 1.59. The van der Waals surface area contributed by atoms with Gasteiger partial charge in [-0.1, -0.05) is 12.8 Å². The van der Waals surface area contributed by atoms with E-state index in [1.807, 2.05) is 0 Å². The van der Waals surface area contributed by atoms with Crippen molar-refractivity contribution >= 4 is 6.09 Å². The lowest BCUT2D eigenvalue weighted by molar-refractivity contribution is 0.0975. The summed E-state index contributed by atoms with van der Waals surface area (Å²) in [5.41, 5.74) is 5.54. The Kier molecular flexibility index (Phi) is 2.39. The minimum atomic E-state index is -0.798. The van der Waals surface area contributed by atoms with E-state index in [4.69, 9.17) is 10.8 Å². The molecule has 2 rings (SSSR count). The fraction of sp³-hybridized carbons (Fsp3) is 0.900. The van der Waals surface area contributed by atoms with Crippen LogP contribution in [0.3, 0.4) is 0 Å². The second-order valence-corrected chi connectivity index (χ2v) is 4.61. The first-order chi connectivity index (χ1) is 6.68. The Morgan fingerprint density at radius 1 is 1.57 bits per heavy atom. The van der Waals surface area contributed by atoms with Crippen molar-refractivity contribution < 1.29 is 9.90 Å². The largest absolute Gasteiger partial charge is 0.465 e. The van der Waals surface area contributed by atoms with Gasteiger partial charge in [0.15, 0.2) is 0 Å². The Labute approximate surface area is 84.1 Å². The molecular formula is C10H18N2O2. The smallest absolute Gasteiger partial charge is 0.407 e. The molecule has 0 aromatic rings. The zero-order valence-corrected chi connectivity index (χ0v) is 8.41. The molecule has 0 aromatic heterocycles. The van der Waals surface area contributed by atoms with Crippen LogP contribution in [0.25, 0.3) is 0 Å². The zero-order valence-electron chi connectivity index (χ0n) is 8.41. The van der Waals surface area contributed by atoms with Crippen LogP contribution in [0.1, 0.15) is 32.1 Å². The summed E-state index contributed by atoms with van der Waals surface area (Å²) in [5.74, 6) is 0.735. The average Bonchev–Trinajstić information content (AvgIpc) is 2.83. The second-order valence-electron chi connectivity index (χ2n) is 4.61. The van der Waals surface area contributed by atoms with Crippen molar-refractivity contribution in [3.8, 4) is 0 Å². The maximum atomic E-state index is 11.0. The van der Waals surface area contributed by atoms with Gasteiger partial charge in [0.2, 0.25) is 0 Å². The van der Waals surface area contributed by atoms with Crippen LogP contribution in [0.15, 0.2) is 0 Å². The summed E-state index contributed by atoms with van der Waals surface area (Å²) in [5, 5.41) is 9.08.